The van der Waals surface area contributed by atoms with Crippen molar-refractivity contribution in [3.8, 4) is 0 Å². The molecule has 2 aromatic rings. The Morgan fingerprint density at radius 3 is 2.55 bits per heavy atom. The van der Waals surface area contributed by atoms with Gasteiger partial charge in [0.15, 0.2) is 0 Å². The summed E-state index contributed by atoms with van der Waals surface area (Å²) in [6, 6.07) is 9.53. The molecule has 1 amide bonds. The van der Waals surface area contributed by atoms with E-state index in [1.807, 2.05) is 51.2 Å². The number of hydrogen-bond donors (Lipinski definition) is 1. The van der Waals surface area contributed by atoms with Crippen molar-refractivity contribution in [1.29, 1.82) is 0 Å². The number of nitrogens with one attached hydrogen (secondary N) is 1. The van der Waals surface area contributed by atoms with E-state index in [-0.39, 0.29) is 5.91 Å². The molecule has 2 rings (SSSR count). The van der Waals surface area contributed by atoms with E-state index >= 15 is 0 Å². The fourth-order valence-corrected chi connectivity index (χ4v) is 2.17. The zero-order chi connectivity index (χ0) is 14.5. The fourth-order valence-electron chi connectivity index (χ4n) is 2.17. The maximum atomic E-state index is 12.8. The first kappa shape index (κ1) is 14.1. The second-order valence-electron chi connectivity index (χ2n) is 4.55. The number of benzene rings is 1. The summed E-state index contributed by atoms with van der Waals surface area (Å²) < 4.78 is 0. The molecule has 0 spiro atoms. The number of aryl methyl sites for hydroxylation is 1. The van der Waals surface area contributed by atoms with Crippen molar-refractivity contribution >= 4 is 17.3 Å². The molecule has 1 aromatic heterocycles. The summed E-state index contributed by atoms with van der Waals surface area (Å²) in [4.78, 5) is 18.5. The largest absolute Gasteiger partial charge is 0.387 e. The van der Waals surface area contributed by atoms with Crippen LogP contribution in [-0.2, 0) is 0 Å². The van der Waals surface area contributed by atoms with E-state index in [9.17, 15) is 4.79 Å². The van der Waals surface area contributed by atoms with Crippen LogP contribution < -0.4 is 10.2 Å². The van der Waals surface area contributed by atoms with Crippen LogP contribution in [0.15, 0.2) is 42.7 Å². The second kappa shape index (κ2) is 6.19. The topological polar surface area (TPSA) is 45.2 Å². The first-order valence-electron chi connectivity index (χ1n) is 6.67. The number of nitrogens with zero attached hydrogens (tertiary/aromatic N) is 2. The molecule has 0 saturated carbocycles. The molecular formula is C16H19N3O. The van der Waals surface area contributed by atoms with Crippen molar-refractivity contribution in [1.82, 2.24) is 4.98 Å². The van der Waals surface area contributed by atoms with Crippen molar-refractivity contribution in [3.63, 3.8) is 0 Å². The van der Waals surface area contributed by atoms with Crippen LogP contribution in [0, 0.1) is 6.92 Å². The smallest absolute Gasteiger partial charge is 0.260 e. The number of aromatic nitrogens is 1. The van der Waals surface area contributed by atoms with Gasteiger partial charge in [-0.05, 0) is 38.1 Å². The van der Waals surface area contributed by atoms with Gasteiger partial charge >= 0.3 is 0 Å². The lowest BCUT2D eigenvalue weighted by Crippen LogP contribution is -2.31. The minimum Gasteiger partial charge on any atom is -0.387 e. The molecule has 4 nitrogen and oxygen atoms in total. The van der Waals surface area contributed by atoms with Crippen LogP contribution in [0.2, 0.25) is 0 Å². The van der Waals surface area contributed by atoms with Gasteiger partial charge in [-0.1, -0.05) is 11.6 Å². The van der Waals surface area contributed by atoms with Crippen LogP contribution in [0.4, 0.5) is 11.4 Å². The average Bonchev–Trinajstić information content (AvgIpc) is 2.49. The summed E-state index contributed by atoms with van der Waals surface area (Å²) in [5.74, 6) is -0.00764. The Balaban J connectivity index is 2.41. The molecule has 104 valence electrons. The third-order valence-electron chi connectivity index (χ3n) is 3.21. The number of rotatable bonds is 4. The maximum absolute atomic E-state index is 12.8. The Hall–Kier alpha value is -2.36. The quantitative estimate of drug-likeness (QED) is 0.927. The average molecular weight is 269 g/mol. The number of carbonyl (C=O) groups excluding carboxylic acids is 1. The molecule has 20 heavy (non-hydrogen) atoms. The Morgan fingerprint density at radius 1 is 1.25 bits per heavy atom. The zero-order valence-electron chi connectivity index (χ0n) is 12.1. The molecule has 0 radical (unpaired) electrons. The number of anilines is 2. The molecule has 0 fully saturated rings. The molecule has 0 bridgehead atoms. The lowest BCUT2D eigenvalue weighted by Gasteiger charge is -2.22. The van der Waals surface area contributed by atoms with Crippen molar-refractivity contribution in [2.24, 2.45) is 0 Å². The first-order valence-corrected chi connectivity index (χ1v) is 6.67. The van der Waals surface area contributed by atoms with Crippen molar-refractivity contribution in [3.05, 3.63) is 53.9 Å². The van der Waals surface area contributed by atoms with Gasteiger partial charge < -0.3 is 10.2 Å². The van der Waals surface area contributed by atoms with Gasteiger partial charge in [0.1, 0.15) is 0 Å². The first-order chi connectivity index (χ1) is 9.67. The molecule has 0 aliphatic heterocycles. The summed E-state index contributed by atoms with van der Waals surface area (Å²) in [6.07, 6.45) is 3.39. The van der Waals surface area contributed by atoms with Gasteiger partial charge in [0.25, 0.3) is 5.91 Å². The Bertz CT molecular complexity index is 596. The molecule has 0 aliphatic rings. The normalized spacial score (nSPS) is 10.2. The molecule has 0 atom stereocenters. The van der Waals surface area contributed by atoms with Crippen molar-refractivity contribution in [2.45, 2.75) is 13.8 Å². The third-order valence-corrected chi connectivity index (χ3v) is 3.21. The van der Waals surface area contributed by atoms with Crippen molar-refractivity contribution < 1.29 is 4.79 Å². The summed E-state index contributed by atoms with van der Waals surface area (Å²) in [5.41, 5.74) is 3.45. The van der Waals surface area contributed by atoms with E-state index in [1.54, 1.807) is 17.3 Å². The van der Waals surface area contributed by atoms with Crippen LogP contribution in [0.3, 0.4) is 0 Å². The lowest BCUT2D eigenvalue weighted by atomic mass is 10.1. The molecule has 1 aromatic carbocycles. The third kappa shape index (κ3) is 2.79. The monoisotopic (exact) mass is 269 g/mol. The van der Waals surface area contributed by atoms with E-state index < -0.39 is 0 Å². The second-order valence-corrected chi connectivity index (χ2v) is 4.55. The molecule has 1 N–H and O–H groups in total. The molecule has 0 saturated heterocycles. The van der Waals surface area contributed by atoms with Gasteiger partial charge in [-0.2, -0.15) is 0 Å². The van der Waals surface area contributed by atoms with Crippen molar-refractivity contribution in [2.75, 3.05) is 23.8 Å². The van der Waals surface area contributed by atoms with Crippen LogP contribution >= 0.6 is 0 Å². The predicted octanol–water partition coefficient (Wildman–Crippen LogP) is 3.10. The summed E-state index contributed by atoms with van der Waals surface area (Å²) >= 11 is 0. The minimum absolute atomic E-state index is 0.00764. The van der Waals surface area contributed by atoms with E-state index in [0.717, 1.165) is 16.9 Å². The highest BCUT2D eigenvalue weighted by Gasteiger charge is 2.18. The van der Waals surface area contributed by atoms with Gasteiger partial charge in [-0.25, -0.2) is 0 Å². The standard InChI is InChI=1S/C16H19N3O/c1-4-19(13-7-9-18-10-8-13)16(20)14-11-12(2)5-6-15(14)17-3/h5-11,17H,4H2,1-3H3. The summed E-state index contributed by atoms with van der Waals surface area (Å²) in [6.45, 7) is 4.56. The van der Waals surface area contributed by atoms with E-state index in [1.165, 1.54) is 0 Å². The van der Waals surface area contributed by atoms with Crippen LogP contribution in [-0.4, -0.2) is 24.5 Å². The Labute approximate surface area is 119 Å². The highest BCUT2D eigenvalue weighted by Crippen LogP contribution is 2.22. The maximum Gasteiger partial charge on any atom is 0.260 e. The van der Waals surface area contributed by atoms with E-state index in [4.69, 9.17) is 0 Å². The van der Waals surface area contributed by atoms with E-state index in [2.05, 4.69) is 10.3 Å². The molecular weight excluding hydrogens is 250 g/mol. The SMILES string of the molecule is CCN(C(=O)c1cc(C)ccc1NC)c1ccncc1. The van der Waals surface area contributed by atoms with Crippen LogP contribution in [0.25, 0.3) is 0 Å². The number of pyridine rings is 1. The van der Waals surface area contributed by atoms with Gasteiger partial charge in [0, 0.05) is 37.4 Å². The molecule has 0 unspecified atom stereocenters. The summed E-state index contributed by atoms with van der Waals surface area (Å²) in [7, 11) is 1.82. The highest BCUT2D eigenvalue weighted by atomic mass is 16.2. The Kier molecular flexibility index (Phi) is 4.35. The predicted molar refractivity (Wildman–Crippen MR) is 82.3 cm³/mol. The van der Waals surface area contributed by atoms with Gasteiger partial charge in [0.05, 0.1) is 5.56 Å². The minimum atomic E-state index is -0.00764. The summed E-state index contributed by atoms with van der Waals surface area (Å²) in [5, 5.41) is 3.07. The molecule has 1 heterocycles. The highest BCUT2D eigenvalue weighted by molar-refractivity contribution is 6.09. The molecule has 4 heteroatoms. The Morgan fingerprint density at radius 2 is 1.95 bits per heavy atom. The number of carbonyl (C=O) groups is 1. The number of amides is 1. The number of hydrogen-bond acceptors (Lipinski definition) is 3. The fraction of sp³-hybridized carbons (Fsp3) is 0.250. The zero-order valence-corrected chi connectivity index (χ0v) is 12.1. The lowest BCUT2D eigenvalue weighted by molar-refractivity contribution is 0.0989. The van der Waals surface area contributed by atoms with Crippen LogP contribution in [0.5, 0.6) is 0 Å². The van der Waals surface area contributed by atoms with E-state index in [0.29, 0.717) is 12.1 Å². The van der Waals surface area contributed by atoms with Gasteiger partial charge in [-0.3, -0.25) is 9.78 Å². The van der Waals surface area contributed by atoms with Gasteiger partial charge in [0.2, 0.25) is 0 Å². The van der Waals surface area contributed by atoms with Crippen LogP contribution in [0.1, 0.15) is 22.8 Å². The van der Waals surface area contributed by atoms with Gasteiger partial charge in [-0.15, -0.1) is 0 Å². The molecule has 0 aliphatic carbocycles.